The third-order valence-electron chi connectivity index (χ3n) is 3.14. The van der Waals surface area contributed by atoms with Crippen molar-refractivity contribution >= 4 is 15.5 Å². The maximum absolute atomic E-state index is 11.3. The van der Waals surface area contributed by atoms with Gasteiger partial charge in [-0.1, -0.05) is 0 Å². The summed E-state index contributed by atoms with van der Waals surface area (Å²) >= 11 is 0. The molecule has 2 rings (SSSR count). The first kappa shape index (κ1) is 13.4. The average Bonchev–Trinajstić information content (AvgIpc) is 2.72. The summed E-state index contributed by atoms with van der Waals surface area (Å²) < 4.78 is 28.3. The second kappa shape index (κ2) is 5.28. The van der Waals surface area contributed by atoms with Gasteiger partial charge in [0.05, 0.1) is 17.1 Å². The zero-order valence-corrected chi connectivity index (χ0v) is 11.5. The molecule has 1 heterocycles. The third kappa shape index (κ3) is 3.46. The van der Waals surface area contributed by atoms with Gasteiger partial charge in [-0.3, -0.25) is 0 Å². The normalized spacial score (nSPS) is 24.1. The Morgan fingerprint density at radius 2 is 1.94 bits per heavy atom. The van der Waals surface area contributed by atoms with Crippen molar-refractivity contribution in [2.75, 3.05) is 18.1 Å². The summed E-state index contributed by atoms with van der Waals surface area (Å²) in [4.78, 5) is 0.346. The van der Waals surface area contributed by atoms with E-state index in [4.69, 9.17) is 4.74 Å². The number of benzene rings is 1. The zero-order valence-electron chi connectivity index (χ0n) is 10.7. The number of ether oxygens (including phenoxy) is 1. The van der Waals surface area contributed by atoms with Gasteiger partial charge in [0.25, 0.3) is 0 Å². The number of nitrogens with one attached hydrogen (secondary N) is 1. The lowest BCUT2D eigenvalue weighted by Gasteiger charge is -2.13. The van der Waals surface area contributed by atoms with Crippen molar-refractivity contribution in [1.29, 1.82) is 0 Å². The molecule has 5 heteroatoms. The number of hydrogen-bond acceptors (Lipinski definition) is 4. The molecule has 0 aromatic heterocycles. The summed E-state index contributed by atoms with van der Waals surface area (Å²) in [6.45, 7) is 2.85. The fraction of sp³-hybridized carbons (Fsp3) is 0.538. The maximum Gasteiger partial charge on any atom is 0.175 e. The van der Waals surface area contributed by atoms with Crippen molar-refractivity contribution in [3.05, 3.63) is 24.3 Å². The van der Waals surface area contributed by atoms with Crippen molar-refractivity contribution in [3.63, 3.8) is 0 Å². The summed E-state index contributed by atoms with van der Waals surface area (Å²) in [5.74, 6) is 0. The largest absolute Gasteiger partial charge is 0.382 e. The molecule has 0 aliphatic carbocycles. The van der Waals surface area contributed by atoms with E-state index in [1.807, 2.05) is 0 Å². The standard InChI is InChI=1S/C13H19NO3S/c1-10-3-6-12(17-10)9-14-11-4-7-13(8-5-11)18(2,15)16/h4-5,7-8,10,12,14H,3,6,9H2,1-2H3. The van der Waals surface area contributed by atoms with E-state index in [2.05, 4.69) is 12.2 Å². The van der Waals surface area contributed by atoms with Gasteiger partial charge in [-0.15, -0.1) is 0 Å². The van der Waals surface area contributed by atoms with E-state index in [1.54, 1.807) is 24.3 Å². The Kier molecular flexibility index (Phi) is 3.92. The third-order valence-corrected chi connectivity index (χ3v) is 4.26. The molecule has 0 radical (unpaired) electrons. The Balaban J connectivity index is 1.91. The van der Waals surface area contributed by atoms with Gasteiger partial charge in [-0.25, -0.2) is 8.42 Å². The number of rotatable bonds is 4. The molecule has 1 saturated heterocycles. The summed E-state index contributed by atoms with van der Waals surface area (Å²) in [6, 6.07) is 6.81. The monoisotopic (exact) mass is 269 g/mol. The molecule has 4 nitrogen and oxygen atoms in total. The van der Waals surface area contributed by atoms with Crippen LogP contribution in [0.3, 0.4) is 0 Å². The molecule has 0 saturated carbocycles. The van der Waals surface area contributed by atoms with Gasteiger partial charge in [-0.2, -0.15) is 0 Å². The molecule has 1 aromatic carbocycles. The predicted octanol–water partition coefficient (Wildman–Crippen LogP) is 2.07. The minimum absolute atomic E-state index is 0.259. The highest BCUT2D eigenvalue weighted by Gasteiger charge is 2.21. The molecule has 2 unspecified atom stereocenters. The van der Waals surface area contributed by atoms with Gasteiger partial charge in [0.2, 0.25) is 0 Å². The predicted molar refractivity (Wildman–Crippen MR) is 71.6 cm³/mol. The quantitative estimate of drug-likeness (QED) is 0.909. The van der Waals surface area contributed by atoms with Crippen LogP contribution in [-0.4, -0.2) is 33.4 Å². The highest BCUT2D eigenvalue weighted by molar-refractivity contribution is 7.90. The molecule has 1 N–H and O–H groups in total. The van der Waals surface area contributed by atoms with E-state index in [0.717, 1.165) is 25.1 Å². The van der Waals surface area contributed by atoms with Crippen molar-refractivity contribution < 1.29 is 13.2 Å². The van der Waals surface area contributed by atoms with Gasteiger partial charge in [0, 0.05) is 18.5 Å². The molecule has 1 fully saturated rings. The minimum Gasteiger partial charge on any atom is -0.382 e. The van der Waals surface area contributed by atoms with E-state index in [-0.39, 0.29) is 6.10 Å². The summed E-state index contributed by atoms with van der Waals surface area (Å²) in [6.07, 6.45) is 4.01. The van der Waals surface area contributed by atoms with Gasteiger partial charge in [-0.05, 0) is 44.0 Å². The molecule has 100 valence electrons. The van der Waals surface area contributed by atoms with Crippen molar-refractivity contribution in [1.82, 2.24) is 0 Å². The van der Waals surface area contributed by atoms with Crippen LogP contribution in [-0.2, 0) is 14.6 Å². The van der Waals surface area contributed by atoms with Gasteiger partial charge < -0.3 is 10.1 Å². The zero-order chi connectivity index (χ0) is 13.2. The number of sulfone groups is 1. The van der Waals surface area contributed by atoms with Crippen LogP contribution >= 0.6 is 0 Å². The average molecular weight is 269 g/mol. The number of anilines is 1. The first-order valence-electron chi connectivity index (χ1n) is 6.14. The van der Waals surface area contributed by atoms with E-state index in [0.29, 0.717) is 11.0 Å². The molecule has 1 aliphatic rings. The summed E-state index contributed by atoms with van der Waals surface area (Å²) in [5.41, 5.74) is 0.922. The fourth-order valence-electron chi connectivity index (χ4n) is 2.09. The molecule has 1 aliphatic heterocycles. The topological polar surface area (TPSA) is 55.4 Å². The summed E-state index contributed by atoms with van der Waals surface area (Å²) in [5, 5.41) is 3.27. The molecule has 18 heavy (non-hydrogen) atoms. The Hall–Kier alpha value is -1.07. The lowest BCUT2D eigenvalue weighted by atomic mass is 10.2. The molecule has 2 atom stereocenters. The number of hydrogen-bond donors (Lipinski definition) is 1. The van der Waals surface area contributed by atoms with E-state index < -0.39 is 9.84 Å². The lowest BCUT2D eigenvalue weighted by Crippen LogP contribution is -2.19. The second-order valence-electron chi connectivity index (χ2n) is 4.82. The maximum atomic E-state index is 11.3. The fourth-order valence-corrected chi connectivity index (χ4v) is 2.72. The summed E-state index contributed by atoms with van der Waals surface area (Å²) in [7, 11) is -3.11. The van der Waals surface area contributed by atoms with E-state index in [1.165, 1.54) is 6.26 Å². The van der Waals surface area contributed by atoms with Crippen LogP contribution < -0.4 is 5.32 Å². The van der Waals surface area contributed by atoms with Crippen LogP contribution in [0.5, 0.6) is 0 Å². The Bertz CT molecular complexity index is 495. The smallest absolute Gasteiger partial charge is 0.175 e. The Morgan fingerprint density at radius 1 is 1.28 bits per heavy atom. The van der Waals surface area contributed by atoms with Crippen molar-refractivity contribution in [3.8, 4) is 0 Å². The first-order valence-corrected chi connectivity index (χ1v) is 8.04. The molecular formula is C13H19NO3S. The van der Waals surface area contributed by atoms with Gasteiger partial charge in [0.15, 0.2) is 9.84 Å². The van der Waals surface area contributed by atoms with E-state index >= 15 is 0 Å². The van der Waals surface area contributed by atoms with E-state index in [9.17, 15) is 8.42 Å². The van der Waals surface area contributed by atoms with Gasteiger partial charge >= 0.3 is 0 Å². The highest BCUT2D eigenvalue weighted by Crippen LogP contribution is 2.20. The van der Waals surface area contributed by atoms with Gasteiger partial charge in [0.1, 0.15) is 0 Å². The van der Waals surface area contributed by atoms with Crippen LogP contribution in [0.4, 0.5) is 5.69 Å². The van der Waals surface area contributed by atoms with Crippen molar-refractivity contribution in [2.45, 2.75) is 36.9 Å². The highest BCUT2D eigenvalue weighted by atomic mass is 32.2. The van der Waals surface area contributed by atoms with Crippen molar-refractivity contribution in [2.24, 2.45) is 0 Å². The molecular weight excluding hydrogens is 250 g/mol. The Labute approximate surface area is 108 Å². The van der Waals surface area contributed by atoms with Crippen LogP contribution in [0.2, 0.25) is 0 Å². The van der Waals surface area contributed by atoms with Crippen LogP contribution in [0.15, 0.2) is 29.2 Å². The minimum atomic E-state index is -3.11. The first-order chi connectivity index (χ1) is 8.45. The molecule has 0 spiro atoms. The SMILES string of the molecule is CC1CCC(CNc2ccc(S(C)(=O)=O)cc2)O1. The van der Waals surface area contributed by atoms with Crippen LogP contribution in [0.1, 0.15) is 19.8 Å². The van der Waals surface area contributed by atoms with Crippen LogP contribution in [0.25, 0.3) is 0 Å². The van der Waals surface area contributed by atoms with Crippen LogP contribution in [0, 0.1) is 0 Å². The molecule has 0 bridgehead atoms. The lowest BCUT2D eigenvalue weighted by molar-refractivity contribution is 0.0637. The molecule has 1 aromatic rings. The Morgan fingerprint density at radius 3 is 2.44 bits per heavy atom. The molecule has 0 amide bonds. The second-order valence-corrected chi connectivity index (χ2v) is 6.84.